The molecule has 34 heavy (non-hydrogen) atoms. The van der Waals surface area contributed by atoms with Crippen LogP contribution in [0.15, 0.2) is 60.7 Å². The number of likely N-dealkylation sites (tertiary alicyclic amines) is 1. The number of hydrogen-bond acceptors (Lipinski definition) is 5. The van der Waals surface area contributed by atoms with Gasteiger partial charge in [0.05, 0.1) is 0 Å². The van der Waals surface area contributed by atoms with Gasteiger partial charge in [-0.2, -0.15) is 0 Å². The quantitative estimate of drug-likeness (QED) is 0.438. The molecule has 0 spiro atoms. The molecule has 9 nitrogen and oxygen atoms in total. The smallest absolute Gasteiger partial charge is 0.350 e. The van der Waals surface area contributed by atoms with E-state index in [1.165, 1.54) is 6.92 Å². The fourth-order valence-electron chi connectivity index (χ4n) is 3.95. The topological polar surface area (TPSA) is 133 Å². The summed E-state index contributed by atoms with van der Waals surface area (Å²) in [5.74, 6) is -3.61. The Morgan fingerprint density at radius 3 is 2.35 bits per heavy atom. The number of hydrogen-bond donors (Lipinski definition) is 3. The molecule has 1 aliphatic rings. The lowest BCUT2D eigenvalue weighted by Crippen LogP contribution is -2.45. The summed E-state index contributed by atoms with van der Waals surface area (Å²) in [5, 5.41) is 11.9. The first-order valence-corrected chi connectivity index (χ1v) is 12.8. The van der Waals surface area contributed by atoms with Crippen LogP contribution in [0.4, 0.5) is 0 Å². The normalized spacial score (nSPS) is 19.1. The summed E-state index contributed by atoms with van der Waals surface area (Å²) < 4.78 is 18.6. The van der Waals surface area contributed by atoms with Crippen molar-refractivity contribution in [2.75, 3.05) is 6.54 Å². The lowest BCUT2D eigenvalue weighted by Gasteiger charge is -2.29. The number of aliphatic carboxylic acids is 1. The van der Waals surface area contributed by atoms with Crippen molar-refractivity contribution in [1.29, 1.82) is 0 Å². The molecule has 3 N–H and O–H groups in total. The number of carboxylic acid groups (broad SMARTS) is 1. The van der Waals surface area contributed by atoms with Crippen LogP contribution in [0.3, 0.4) is 0 Å². The molecule has 1 aliphatic heterocycles. The first kappa shape index (κ1) is 25.6. The highest BCUT2D eigenvalue weighted by molar-refractivity contribution is 7.53. The summed E-state index contributed by atoms with van der Waals surface area (Å²) in [5.41, 5.74) is 1.23. The van der Waals surface area contributed by atoms with E-state index in [-0.39, 0.29) is 13.0 Å². The Balaban J connectivity index is 1.75. The van der Waals surface area contributed by atoms with Crippen molar-refractivity contribution in [1.82, 2.24) is 10.2 Å². The van der Waals surface area contributed by atoms with E-state index in [1.807, 2.05) is 30.3 Å². The van der Waals surface area contributed by atoms with Gasteiger partial charge in [0.2, 0.25) is 0 Å². The molecule has 0 saturated carbocycles. The lowest BCUT2D eigenvalue weighted by molar-refractivity contribution is -0.151. The van der Waals surface area contributed by atoms with Gasteiger partial charge >= 0.3 is 13.6 Å². The maximum atomic E-state index is 13.3. The molecule has 1 heterocycles. The van der Waals surface area contributed by atoms with Gasteiger partial charge in [0.25, 0.3) is 11.8 Å². The molecule has 0 aromatic heterocycles. The first-order valence-electron chi connectivity index (χ1n) is 11.1. The van der Waals surface area contributed by atoms with E-state index in [9.17, 15) is 28.9 Å². The van der Waals surface area contributed by atoms with Gasteiger partial charge in [0, 0.05) is 12.1 Å². The highest BCUT2D eigenvalue weighted by Gasteiger charge is 2.41. The minimum Gasteiger partial charge on any atom is -0.480 e. The second-order valence-electron chi connectivity index (χ2n) is 8.22. The summed E-state index contributed by atoms with van der Waals surface area (Å²) in [6, 6.07) is 16.6. The average molecular weight is 488 g/mol. The molecule has 4 atom stereocenters. The minimum absolute atomic E-state index is 0.0960. The number of rotatable bonds is 10. The summed E-state index contributed by atoms with van der Waals surface area (Å²) >= 11 is 0. The Morgan fingerprint density at radius 2 is 1.74 bits per heavy atom. The maximum Gasteiger partial charge on any atom is 0.350 e. The molecule has 1 fully saturated rings. The van der Waals surface area contributed by atoms with Gasteiger partial charge in [-0.05, 0) is 50.3 Å². The Kier molecular flexibility index (Phi) is 8.61. The van der Waals surface area contributed by atoms with Crippen LogP contribution in [0.2, 0.25) is 0 Å². The molecule has 0 bridgehead atoms. The molecule has 2 aromatic rings. The van der Waals surface area contributed by atoms with Crippen molar-refractivity contribution in [3.05, 3.63) is 71.8 Å². The van der Waals surface area contributed by atoms with E-state index in [0.29, 0.717) is 24.8 Å². The van der Waals surface area contributed by atoms with E-state index >= 15 is 0 Å². The van der Waals surface area contributed by atoms with Crippen LogP contribution in [0.25, 0.3) is 0 Å². The SMILES string of the molecule is CC(OP(=O)(O)[C@@H](CCc1ccccc1)NC(=O)c1ccccc1)C(=O)N1CCC[C@H]1C(=O)O. The van der Waals surface area contributed by atoms with Crippen LogP contribution in [0, 0.1) is 0 Å². The standard InChI is InChI=1S/C24H29N2O7P/c1-17(23(28)26-16-8-13-20(26)24(29)30)33-34(31,32)21(15-14-18-9-4-2-5-10-18)25-22(27)19-11-6-3-7-12-19/h2-7,9-12,17,20-21H,8,13-16H2,1H3,(H,25,27)(H,29,30)(H,31,32)/t17?,20-,21-/m0/s1. The Hall–Kier alpha value is -3.00. The molecular formula is C24H29N2O7P. The molecule has 10 heteroatoms. The van der Waals surface area contributed by atoms with Crippen LogP contribution in [0.5, 0.6) is 0 Å². The van der Waals surface area contributed by atoms with Crippen molar-refractivity contribution in [2.24, 2.45) is 0 Å². The molecule has 3 rings (SSSR count). The summed E-state index contributed by atoms with van der Waals surface area (Å²) in [7, 11) is -4.53. The molecular weight excluding hydrogens is 459 g/mol. The fraction of sp³-hybridized carbons (Fsp3) is 0.375. The molecule has 2 aromatic carbocycles. The average Bonchev–Trinajstić information content (AvgIpc) is 3.32. The van der Waals surface area contributed by atoms with Crippen LogP contribution >= 0.6 is 7.60 Å². The highest BCUT2D eigenvalue weighted by atomic mass is 31.2. The zero-order chi connectivity index (χ0) is 24.7. The number of amides is 2. The van der Waals surface area contributed by atoms with Crippen molar-refractivity contribution in [2.45, 2.75) is 50.5 Å². The summed E-state index contributed by atoms with van der Waals surface area (Å²) in [4.78, 5) is 48.9. The molecule has 0 aliphatic carbocycles. The van der Waals surface area contributed by atoms with E-state index < -0.39 is 43.3 Å². The van der Waals surface area contributed by atoms with Gasteiger partial charge in [-0.15, -0.1) is 0 Å². The highest BCUT2D eigenvalue weighted by Crippen LogP contribution is 2.49. The molecule has 1 saturated heterocycles. The van der Waals surface area contributed by atoms with Crippen LogP contribution < -0.4 is 5.32 Å². The molecule has 2 amide bonds. The fourth-order valence-corrected chi connectivity index (χ4v) is 5.38. The maximum absolute atomic E-state index is 13.3. The third-order valence-corrected chi connectivity index (χ3v) is 7.55. The lowest BCUT2D eigenvalue weighted by atomic mass is 10.1. The van der Waals surface area contributed by atoms with Gasteiger partial charge in [0.1, 0.15) is 17.9 Å². The third-order valence-electron chi connectivity index (χ3n) is 5.75. The number of benzene rings is 2. The van der Waals surface area contributed by atoms with Gasteiger partial charge < -0.3 is 20.2 Å². The van der Waals surface area contributed by atoms with E-state index in [4.69, 9.17) is 4.52 Å². The van der Waals surface area contributed by atoms with Crippen molar-refractivity contribution in [3.8, 4) is 0 Å². The third kappa shape index (κ3) is 6.53. The Morgan fingerprint density at radius 1 is 1.12 bits per heavy atom. The van der Waals surface area contributed by atoms with Crippen LogP contribution in [0.1, 0.15) is 42.1 Å². The number of carboxylic acids is 1. The van der Waals surface area contributed by atoms with Crippen LogP contribution in [-0.2, 0) is 25.1 Å². The minimum atomic E-state index is -4.53. The monoisotopic (exact) mass is 488 g/mol. The predicted molar refractivity (Wildman–Crippen MR) is 125 cm³/mol. The number of aryl methyl sites for hydroxylation is 1. The number of nitrogens with one attached hydrogen (secondary N) is 1. The second-order valence-corrected chi connectivity index (χ2v) is 10.2. The predicted octanol–water partition coefficient (Wildman–Crippen LogP) is 3.04. The number of nitrogens with zero attached hydrogens (tertiary/aromatic N) is 1. The van der Waals surface area contributed by atoms with Gasteiger partial charge in [-0.1, -0.05) is 48.5 Å². The largest absolute Gasteiger partial charge is 0.480 e. The van der Waals surface area contributed by atoms with E-state index in [2.05, 4.69) is 5.32 Å². The van der Waals surface area contributed by atoms with Crippen molar-refractivity contribution < 1.29 is 33.5 Å². The van der Waals surface area contributed by atoms with E-state index in [0.717, 1.165) is 10.5 Å². The van der Waals surface area contributed by atoms with Gasteiger partial charge in [-0.3, -0.25) is 18.7 Å². The summed E-state index contributed by atoms with van der Waals surface area (Å²) in [6.45, 7) is 1.55. The van der Waals surface area contributed by atoms with Crippen LogP contribution in [-0.4, -0.2) is 57.2 Å². The first-order chi connectivity index (χ1) is 16.2. The Labute approximate surface area is 198 Å². The second kappa shape index (κ2) is 11.4. The Bertz CT molecular complexity index is 1050. The summed E-state index contributed by atoms with van der Waals surface area (Å²) in [6.07, 6.45) is -0.0252. The zero-order valence-electron chi connectivity index (χ0n) is 18.9. The number of carbonyl (C=O) groups excluding carboxylic acids is 2. The molecule has 2 unspecified atom stereocenters. The van der Waals surface area contributed by atoms with Crippen molar-refractivity contribution in [3.63, 3.8) is 0 Å². The number of carbonyl (C=O) groups is 3. The van der Waals surface area contributed by atoms with Gasteiger partial charge in [-0.25, -0.2) is 4.79 Å². The molecule has 182 valence electrons. The van der Waals surface area contributed by atoms with Gasteiger partial charge in [0.15, 0.2) is 0 Å². The van der Waals surface area contributed by atoms with Crippen molar-refractivity contribution >= 4 is 25.4 Å². The zero-order valence-corrected chi connectivity index (χ0v) is 19.8. The van der Waals surface area contributed by atoms with E-state index in [1.54, 1.807) is 30.3 Å². The molecule has 0 radical (unpaired) electrons.